The number of allylic oxidation sites excluding steroid dienone is 1. The summed E-state index contributed by atoms with van der Waals surface area (Å²) in [6.45, 7) is 8.57. The van der Waals surface area contributed by atoms with Crippen molar-refractivity contribution in [2.75, 3.05) is 17.7 Å². The van der Waals surface area contributed by atoms with Crippen molar-refractivity contribution in [1.29, 1.82) is 0 Å². The van der Waals surface area contributed by atoms with Gasteiger partial charge >= 0.3 is 5.97 Å². The highest BCUT2D eigenvalue weighted by Gasteiger charge is 2.37. The zero-order chi connectivity index (χ0) is 25.7. The topological polar surface area (TPSA) is 78.3 Å². The number of rotatable bonds is 10. The van der Waals surface area contributed by atoms with Crippen molar-refractivity contribution in [2.24, 2.45) is 0 Å². The minimum atomic E-state index is -0.557. The first-order valence-electron chi connectivity index (χ1n) is 12.1. The number of hydrogen-bond acceptors (Lipinski definition) is 7. The Morgan fingerprint density at radius 2 is 1.94 bits per heavy atom. The Morgan fingerprint density at radius 1 is 1.17 bits per heavy atom. The Labute approximate surface area is 224 Å². The molecule has 1 aromatic heterocycles. The van der Waals surface area contributed by atoms with E-state index in [0.717, 1.165) is 34.2 Å². The van der Waals surface area contributed by atoms with Crippen molar-refractivity contribution in [3.05, 3.63) is 74.9 Å². The summed E-state index contributed by atoms with van der Waals surface area (Å²) in [4.78, 5) is 17.9. The van der Waals surface area contributed by atoms with Gasteiger partial charge in [-0.2, -0.15) is 4.98 Å². The molecule has 2 heterocycles. The highest BCUT2D eigenvalue weighted by molar-refractivity contribution is 9.10. The Bertz CT molecular complexity index is 1260. The van der Waals surface area contributed by atoms with Gasteiger partial charge < -0.3 is 14.8 Å². The number of fused-ring (bicyclic) bond motifs is 1. The van der Waals surface area contributed by atoms with Crippen LogP contribution >= 0.6 is 27.7 Å². The van der Waals surface area contributed by atoms with E-state index in [0.29, 0.717) is 34.7 Å². The van der Waals surface area contributed by atoms with E-state index >= 15 is 0 Å². The molecule has 36 heavy (non-hydrogen) atoms. The zero-order valence-corrected chi connectivity index (χ0v) is 23.4. The molecule has 0 fully saturated rings. The SMILES string of the molecule is CCCCSc1nc2n(n1)C(c1cc(Br)ccc1OCc1ccc(C)cc1)C(C(=O)OCC)=C(C)N2. The maximum Gasteiger partial charge on any atom is 0.338 e. The van der Waals surface area contributed by atoms with Gasteiger partial charge in [-0.1, -0.05) is 70.9 Å². The van der Waals surface area contributed by atoms with Crippen LogP contribution in [-0.4, -0.2) is 33.1 Å². The lowest BCUT2D eigenvalue weighted by Crippen LogP contribution is -2.30. The summed E-state index contributed by atoms with van der Waals surface area (Å²) in [7, 11) is 0. The molecule has 9 heteroatoms. The lowest BCUT2D eigenvalue weighted by molar-refractivity contribution is -0.139. The van der Waals surface area contributed by atoms with Gasteiger partial charge in [0.2, 0.25) is 11.1 Å². The first-order chi connectivity index (χ1) is 17.4. The second kappa shape index (κ2) is 12.0. The van der Waals surface area contributed by atoms with Gasteiger partial charge in [0.15, 0.2) is 0 Å². The van der Waals surface area contributed by atoms with Crippen LogP contribution in [0.5, 0.6) is 5.75 Å². The second-order valence-electron chi connectivity index (χ2n) is 8.61. The predicted molar refractivity (Wildman–Crippen MR) is 146 cm³/mol. The number of carbonyl (C=O) groups is 1. The lowest BCUT2D eigenvalue weighted by Gasteiger charge is -2.29. The van der Waals surface area contributed by atoms with Crippen molar-refractivity contribution in [3.8, 4) is 5.75 Å². The van der Waals surface area contributed by atoms with Crippen LogP contribution in [0.25, 0.3) is 0 Å². The molecule has 0 amide bonds. The van der Waals surface area contributed by atoms with Gasteiger partial charge in [-0.25, -0.2) is 9.48 Å². The summed E-state index contributed by atoms with van der Waals surface area (Å²) >= 11 is 5.22. The summed E-state index contributed by atoms with van der Waals surface area (Å²) in [5.74, 6) is 1.80. The van der Waals surface area contributed by atoms with E-state index in [1.807, 2.05) is 25.1 Å². The Hall–Kier alpha value is -2.78. The average Bonchev–Trinajstić information content (AvgIpc) is 3.26. The van der Waals surface area contributed by atoms with Crippen molar-refractivity contribution in [1.82, 2.24) is 14.8 Å². The number of aryl methyl sites for hydroxylation is 1. The smallest absolute Gasteiger partial charge is 0.338 e. The molecule has 0 spiro atoms. The third-order valence-electron chi connectivity index (χ3n) is 5.84. The van der Waals surface area contributed by atoms with Gasteiger partial charge in [-0.15, -0.1) is 5.10 Å². The minimum absolute atomic E-state index is 0.278. The maximum atomic E-state index is 13.2. The van der Waals surface area contributed by atoms with Crippen molar-refractivity contribution in [2.45, 2.75) is 58.3 Å². The molecule has 4 rings (SSSR count). The average molecular weight is 572 g/mol. The minimum Gasteiger partial charge on any atom is -0.489 e. The monoisotopic (exact) mass is 570 g/mol. The first-order valence-corrected chi connectivity index (χ1v) is 13.9. The van der Waals surface area contributed by atoms with Crippen LogP contribution in [0, 0.1) is 6.92 Å². The maximum absolute atomic E-state index is 13.2. The van der Waals surface area contributed by atoms with E-state index in [1.54, 1.807) is 23.4 Å². The number of esters is 1. The normalized spacial score (nSPS) is 14.9. The molecular weight excluding hydrogens is 540 g/mol. The number of hydrogen-bond donors (Lipinski definition) is 1. The third-order valence-corrected chi connectivity index (χ3v) is 7.26. The van der Waals surface area contributed by atoms with Gasteiger partial charge in [-0.05, 0) is 51.0 Å². The van der Waals surface area contributed by atoms with E-state index in [9.17, 15) is 4.79 Å². The van der Waals surface area contributed by atoms with E-state index in [-0.39, 0.29) is 6.61 Å². The number of anilines is 1. The fraction of sp³-hybridized carbons (Fsp3) is 0.370. The van der Waals surface area contributed by atoms with E-state index in [1.165, 1.54) is 5.56 Å². The molecule has 0 saturated carbocycles. The number of benzene rings is 2. The van der Waals surface area contributed by atoms with Gasteiger partial charge in [0.05, 0.1) is 12.2 Å². The first kappa shape index (κ1) is 26.3. The van der Waals surface area contributed by atoms with Crippen LogP contribution in [0.1, 0.15) is 56.3 Å². The Balaban J connectivity index is 1.76. The van der Waals surface area contributed by atoms with Gasteiger partial charge in [0.1, 0.15) is 18.4 Å². The Morgan fingerprint density at radius 3 is 2.67 bits per heavy atom. The number of halogens is 1. The summed E-state index contributed by atoms with van der Waals surface area (Å²) in [5, 5.41) is 8.73. The Kier molecular flexibility index (Phi) is 8.74. The number of aromatic nitrogens is 3. The number of ether oxygens (including phenoxy) is 2. The van der Waals surface area contributed by atoms with Crippen LogP contribution < -0.4 is 10.1 Å². The number of carbonyl (C=O) groups excluding carboxylic acids is 1. The van der Waals surface area contributed by atoms with Crippen LogP contribution in [0.2, 0.25) is 0 Å². The molecule has 1 N–H and O–H groups in total. The third kappa shape index (κ3) is 5.95. The predicted octanol–water partition coefficient (Wildman–Crippen LogP) is 6.67. The van der Waals surface area contributed by atoms with Crippen LogP contribution in [0.4, 0.5) is 5.95 Å². The van der Waals surface area contributed by atoms with E-state index in [4.69, 9.17) is 19.6 Å². The standard InChI is InChI=1S/C27H31BrN4O3S/c1-5-7-14-36-27-30-26-29-18(4)23(25(33)34-6-2)24(32(26)31-27)21-15-20(28)12-13-22(21)35-16-19-10-8-17(3)9-11-19/h8-13,15,24H,5-7,14,16H2,1-4H3,(H,29,30,31). The summed E-state index contributed by atoms with van der Waals surface area (Å²) in [6, 6.07) is 13.5. The number of unbranched alkanes of at least 4 members (excludes halogenated alkanes) is 1. The molecule has 1 aliphatic heterocycles. The molecule has 7 nitrogen and oxygen atoms in total. The molecule has 0 aliphatic carbocycles. The molecule has 1 aliphatic rings. The second-order valence-corrected chi connectivity index (χ2v) is 10.6. The highest BCUT2D eigenvalue weighted by atomic mass is 79.9. The van der Waals surface area contributed by atoms with Crippen molar-refractivity contribution in [3.63, 3.8) is 0 Å². The summed E-state index contributed by atoms with van der Waals surface area (Å²) in [6.07, 6.45) is 2.19. The lowest BCUT2D eigenvalue weighted by atomic mass is 9.95. The van der Waals surface area contributed by atoms with E-state index < -0.39 is 12.0 Å². The molecule has 0 radical (unpaired) electrons. The quantitative estimate of drug-likeness (QED) is 0.165. The number of nitrogens with one attached hydrogen (secondary N) is 1. The van der Waals surface area contributed by atoms with Crippen molar-refractivity contribution >= 4 is 39.6 Å². The molecular formula is C27H31BrN4O3S. The molecule has 1 unspecified atom stereocenters. The highest BCUT2D eigenvalue weighted by Crippen LogP contribution is 2.41. The van der Waals surface area contributed by atoms with E-state index in [2.05, 4.69) is 59.4 Å². The van der Waals surface area contributed by atoms with Gasteiger partial charge in [-0.3, -0.25) is 0 Å². The number of thioether (sulfide) groups is 1. The molecule has 3 aromatic rings. The summed E-state index contributed by atoms with van der Waals surface area (Å²) in [5.41, 5.74) is 4.24. The fourth-order valence-corrected chi connectivity index (χ4v) is 5.26. The zero-order valence-electron chi connectivity index (χ0n) is 21.0. The molecule has 1 atom stereocenters. The van der Waals surface area contributed by atoms with Crippen LogP contribution in [0.15, 0.2) is 63.4 Å². The molecule has 190 valence electrons. The number of nitrogens with zero attached hydrogens (tertiary/aromatic N) is 3. The van der Waals surface area contributed by atoms with Crippen LogP contribution in [-0.2, 0) is 16.1 Å². The van der Waals surface area contributed by atoms with Crippen molar-refractivity contribution < 1.29 is 14.3 Å². The largest absolute Gasteiger partial charge is 0.489 e. The van der Waals surface area contributed by atoms with Crippen LogP contribution in [0.3, 0.4) is 0 Å². The summed E-state index contributed by atoms with van der Waals surface area (Å²) < 4.78 is 14.4. The fourth-order valence-electron chi connectivity index (χ4n) is 3.97. The molecule has 2 aromatic carbocycles. The van der Waals surface area contributed by atoms with Gasteiger partial charge in [0, 0.05) is 21.5 Å². The molecule has 0 bridgehead atoms. The van der Waals surface area contributed by atoms with Gasteiger partial charge in [0.25, 0.3) is 0 Å². The molecule has 0 saturated heterocycles.